The van der Waals surface area contributed by atoms with Gasteiger partial charge in [-0.25, -0.2) is 0 Å². The van der Waals surface area contributed by atoms with Crippen LogP contribution in [0.15, 0.2) is 42.5 Å². The molecule has 2 N–H and O–H groups in total. The van der Waals surface area contributed by atoms with Gasteiger partial charge in [0.2, 0.25) is 0 Å². The number of benzene rings is 2. The molecule has 2 aromatic carbocycles. The fourth-order valence-electron chi connectivity index (χ4n) is 1.74. The van der Waals surface area contributed by atoms with E-state index in [1.54, 1.807) is 7.11 Å². The lowest BCUT2D eigenvalue weighted by Gasteiger charge is -2.11. The van der Waals surface area contributed by atoms with Gasteiger partial charge >= 0.3 is 0 Å². The minimum Gasteiger partial charge on any atom is -0.493 e. The Morgan fingerprint density at radius 2 is 1.89 bits per heavy atom. The molecule has 94 valence electrons. The molecule has 3 nitrogen and oxygen atoms in total. The second-order valence-corrected chi connectivity index (χ2v) is 4.19. The molecule has 3 heteroatoms. The molecule has 2 rings (SSSR count). The number of anilines is 1. The van der Waals surface area contributed by atoms with Crippen LogP contribution in [0.2, 0.25) is 0 Å². The standard InChI is InChI=1S/C15H17NO2/c1-11-6-7-14(15(8-11)17-2)18-10-12-4-3-5-13(16)9-12/h3-9H,10,16H2,1-2H3. The summed E-state index contributed by atoms with van der Waals surface area (Å²) in [5.41, 5.74) is 8.65. The molecule has 0 aliphatic heterocycles. The average molecular weight is 243 g/mol. The van der Waals surface area contributed by atoms with Gasteiger partial charge in [0.15, 0.2) is 11.5 Å². The van der Waals surface area contributed by atoms with Crippen LogP contribution in [0.1, 0.15) is 11.1 Å². The number of ether oxygens (including phenoxy) is 2. The summed E-state index contributed by atoms with van der Waals surface area (Å²) >= 11 is 0. The molecule has 0 heterocycles. The van der Waals surface area contributed by atoms with Gasteiger partial charge in [-0.15, -0.1) is 0 Å². The number of methoxy groups -OCH3 is 1. The van der Waals surface area contributed by atoms with Crippen molar-refractivity contribution in [1.82, 2.24) is 0 Å². The summed E-state index contributed by atoms with van der Waals surface area (Å²) in [6.45, 7) is 2.49. The third-order valence-corrected chi connectivity index (χ3v) is 2.66. The SMILES string of the molecule is COc1cc(C)ccc1OCc1cccc(N)c1. The highest BCUT2D eigenvalue weighted by molar-refractivity contribution is 5.43. The van der Waals surface area contributed by atoms with Gasteiger partial charge < -0.3 is 15.2 Å². The predicted molar refractivity (Wildman–Crippen MR) is 72.9 cm³/mol. The zero-order valence-corrected chi connectivity index (χ0v) is 10.6. The van der Waals surface area contributed by atoms with Crippen LogP contribution in [0.25, 0.3) is 0 Å². The smallest absolute Gasteiger partial charge is 0.161 e. The summed E-state index contributed by atoms with van der Waals surface area (Å²) in [6, 6.07) is 13.5. The minimum absolute atomic E-state index is 0.477. The highest BCUT2D eigenvalue weighted by Crippen LogP contribution is 2.28. The molecule has 0 amide bonds. The van der Waals surface area contributed by atoms with E-state index in [1.165, 1.54) is 0 Å². The fourth-order valence-corrected chi connectivity index (χ4v) is 1.74. The first-order valence-electron chi connectivity index (χ1n) is 5.81. The molecule has 0 aliphatic rings. The summed E-state index contributed by atoms with van der Waals surface area (Å²) in [5, 5.41) is 0. The van der Waals surface area contributed by atoms with Crippen molar-refractivity contribution in [3.8, 4) is 11.5 Å². The number of nitrogens with two attached hydrogens (primary N) is 1. The largest absolute Gasteiger partial charge is 0.493 e. The van der Waals surface area contributed by atoms with Crippen LogP contribution in [0, 0.1) is 6.92 Å². The van der Waals surface area contributed by atoms with Gasteiger partial charge in [-0.3, -0.25) is 0 Å². The molecule has 0 aromatic heterocycles. The predicted octanol–water partition coefficient (Wildman–Crippen LogP) is 3.16. The highest BCUT2D eigenvalue weighted by atomic mass is 16.5. The van der Waals surface area contributed by atoms with E-state index in [2.05, 4.69) is 0 Å². The van der Waals surface area contributed by atoms with E-state index in [0.29, 0.717) is 6.61 Å². The molecule has 0 saturated carbocycles. The quantitative estimate of drug-likeness (QED) is 0.839. The van der Waals surface area contributed by atoms with Crippen molar-refractivity contribution in [3.05, 3.63) is 53.6 Å². The maximum atomic E-state index is 5.74. The molecule has 0 aliphatic carbocycles. The van der Waals surface area contributed by atoms with Crippen LogP contribution in [0.4, 0.5) is 5.69 Å². The minimum atomic E-state index is 0.477. The Labute approximate surface area is 107 Å². The van der Waals surface area contributed by atoms with Crippen LogP contribution in [0.3, 0.4) is 0 Å². The summed E-state index contributed by atoms with van der Waals surface area (Å²) in [5.74, 6) is 1.49. The molecule has 0 bridgehead atoms. The first-order valence-corrected chi connectivity index (χ1v) is 5.81. The Bertz CT molecular complexity index is 538. The number of hydrogen-bond acceptors (Lipinski definition) is 3. The lowest BCUT2D eigenvalue weighted by atomic mass is 10.2. The van der Waals surface area contributed by atoms with Crippen LogP contribution in [0.5, 0.6) is 11.5 Å². The van der Waals surface area contributed by atoms with E-state index >= 15 is 0 Å². The average Bonchev–Trinajstić information content (AvgIpc) is 2.37. The van der Waals surface area contributed by atoms with Crippen molar-refractivity contribution in [2.75, 3.05) is 12.8 Å². The third-order valence-electron chi connectivity index (χ3n) is 2.66. The van der Waals surface area contributed by atoms with E-state index in [9.17, 15) is 0 Å². The van der Waals surface area contributed by atoms with Crippen molar-refractivity contribution in [3.63, 3.8) is 0 Å². The Balaban J connectivity index is 2.10. The maximum Gasteiger partial charge on any atom is 0.161 e. The summed E-state index contributed by atoms with van der Waals surface area (Å²) < 4.78 is 11.0. The normalized spacial score (nSPS) is 10.1. The van der Waals surface area contributed by atoms with E-state index in [1.807, 2.05) is 49.4 Å². The lowest BCUT2D eigenvalue weighted by Crippen LogP contribution is -1.98. The maximum absolute atomic E-state index is 5.74. The zero-order chi connectivity index (χ0) is 13.0. The molecular weight excluding hydrogens is 226 g/mol. The molecule has 18 heavy (non-hydrogen) atoms. The topological polar surface area (TPSA) is 44.5 Å². The third kappa shape index (κ3) is 2.94. The van der Waals surface area contributed by atoms with Crippen molar-refractivity contribution in [2.24, 2.45) is 0 Å². The monoisotopic (exact) mass is 243 g/mol. The van der Waals surface area contributed by atoms with Gasteiger partial charge in [0.1, 0.15) is 6.61 Å². The molecule has 0 atom stereocenters. The van der Waals surface area contributed by atoms with Crippen LogP contribution >= 0.6 is 0 Å². The van der Waals surface area contributed by atoms with Crippen LogP contribution in [-0.4, -0.2) is 7.11 Å². The molecule has 0 radical (unpaired) electrons. The zero-order valence-electron chi connectivity index (χ0n) is 10.6. The Kier molecular flexibility index (Phi) is 3.72. The van der Waals surface area contributed by atoms with Crippen LogP contribution in [-0.2, 0) is 6.61 Å². The molecule has 0 saturated heterocycles. The molecule has 0 fully saturated rings. The van der Waals surface area contributed by atoms with Crippen LogP contribution < -0.4 is 15.2 Å². The molecule has 2 aromatic rings. The number of rotatable bonds is 4. The second kappa shape index (κ2) is 5.45. The summed E-state index contributed by atoms with van der Waals surface area (Å²) in [7, 11) is 1.64. The Morgan fingerprint density at radius 1 is 1.06 bits per heavy atom. The van der Waals surface area contributed by atoms with Gasteiger partial charge in [-0.1, -0.05) is 18.2 Å². The summed E-state index contributed by atoms with van der Waals surface area (Å²) in [4.78, 5) is 0. The van der Waals surface area contributed by atoms with E-state index in [4.69, 9.17) is 15.2 Å². The van der Waals surface area contributed by atoms with E-state index < -0.39 is 0 Å². The van der Waals surface area contributed by atoms with Gasteiger partial charge in [-0.05, 0) is 42.3 Å². The van der Waals surface area contributed by atoms with Gasteiger partial charge in [-0.2, -0.15) is 0 Å². The van der Waals surface area contributed by atoms with Gasteiger partial charge in [0, 0.05) is 5.69 Å². The highest BCUT2D eigenvalue weighted by Gasteiger charge is 2.04. The number of nitrogen functional groups attached to an aromatic ring is 1. The van der Waals surface area contributed by atoms with E-state index in [-0.39, 0.29) is 0 Å². The first kappa shape index (κ1) is 12.3. The summed E-state index contributed by atoms with van der Waals surface area (Å²) in [6.07, 6.45) is 0. The Morgan fingerprint density at radius 3 is 2.61 bits per heavy atom. The van der Waals surface area contributed by atoms with Crippen molar-refractivity contribution in [2.45, 2.75) is 13.5 Å². The fraction of sp³-hybridized carbons (Fsp3) is 0.200. The van der Waals surface area contributed by atoms with Gasteiger partial charge in [0.25, 0.3) is 0 Å². The van der Waals surface area contributed by atoms with E-state index in [0.717, 1.165) is 28.3 Å². The first-order chi connectivity index (χ1) is 8.69. The lowest BCUT2D eigenvalue weighted by molar-refractivity contribution is 0.284. The van der Waals surface area contributed by atoms with Gasteiger partial charge in [0.05, 0.1) is 7.11 Å². The molecule has 0 spiro atoms. The Hall–Kier alpha value is -2.16. The number of aryl methyl sites for hydroxylation is 1. The van der Waals surface area contributed by atoms with Crippen molar-refractivity contribution < 1.29 is 9.47 Å². The van der Waals surface area contributed by atoms with Crippen molar-refractivity contribution in [1.29, 1.82) is 0 Å². The van der Waals surface area contributed by atoms with Crippen molar-refractivity contribution >= 4 is 5.69 Å². The second-order valence-electron chi connectivity index (χ2n) is 4.19. The number of hydrogen-bond donors (Lipinski definition) is 1. The molecular formula is C15H17NO2. The molecule has 0 unspecified atom stereocenters.